The summed E-state index contributed by atoms with van der Waals surface area (Å²) in [7, 11) is 3.49. The number of carbonyl (C=O) groups is 1. The average molecular weight is 392 g/mol. The Bertz CT molecular complexity index is 992. The van der Waals surface area contributed by atoms with E-state index in [0.717, 1.165) is 27.8 Å². The number of hydrogen-bond acceptors (Lipinski definition) is 3. The highest BCUT2D eigenvalue weighted by Gasteiger charge is 2.19. The number of hydrogen-bond donors (Lipinski definition) is 0. The molecule has 0 bridgehead atoms. The number of likely N-dealkylation sites (N-methyl/N-ethyl adjacent to an activating group) is 1. The molecule has 1 atom stereocenters. The van der Waals surface area contributed by atoms with Crippen LogP contribution in [0.3, 0.4) is 0 Å². The number of benzene rings is 3. The van der Waals surface area contributed by atoms with Gasteiger partial charge in [-0.2, -0.15) is 0 Å². The van der Waals surface area contributed by atoms with Crippen molar-refractivity contribution in [1.29, 1.82) is 0 Å². The van der Waals surface area contributed by atoms with Gasteiger partial charge in [0.25, 0.3) is 0 Å². The molecule has 0 spiro atoms. The minimum Gasteiger partial charge on any atom is -0.497 e. The number of methoxy groups -OCH3 is 1. The van der Waals surface area contributed by atoms with Gasteiger partial charge in [-0.15, -0.1) is 0 Å². The summed E-state index contributed by atoms with van der Waals surface area (Å²) in [5.41, 5.74) is 3.36. The maximum Gasteiger partial charge on any atom is 0.229 e. The molecule has 4 nitrogen and oxygen atoms in total. The van der Waals surface area contributed by atoms with E-state index in [0.29, 0.717) is 13.2 Å². The highest BCUT2D eigenvalue weighted by molar-refractivity contribution is 5.88. The molecule has 0 aromatic heterocycles. The van der Waals surface area contributed by atoms with Crippen LogP contribution in [0, 0.1) is 13.8 Å². The first-order chi connectivity index (χ1) is 13.9. The van der Waals surface area contributed by atoms with Crippen LogP contribution in [0.1, 0.15) is 29.5 Å². The topological polar surface area (TPSA) is 38.8 Å². The van der Waals surface area contributed by atoms with E-state index in [1.165, 1.54) is 11.1 Å². The largest absolute Gasteiger partial charge is 0.497 e. The Morgan fingerprint density at radius 2 is 1.59 bits per heavy atom. The molecule has 29 heavy (non-hydrogen) atoms. The fourth-order valence-electron chi connectivity index (χ4n) is 3.54. The van der Waals surface area contributed by atoms with E-state index in [9.17, 15) is 4.79 Å². The number of nitrogens with zero attached hydrogens (tertiary/aromatic N) is 1. The van der Waals surface area contributed by atoms with Gasteiger partial charge in [0.2, 0.25) is 5.91 Å². The SMILES string of the molecule is COc1ccc2cc([C@H](C)C(=O)N(C)CCOc3cc(C)cc(C)c3)ccc2c1. The highest BCUT2D eigenvalue weighted by atomic mass is 16.5. The average Bonchev–Trinajstić information content (AvgIpc) is 2.71. The quantitative estimate of drug-likeness (QED) is 0.562. The molecule has 0 heterocycles. The van der Waals surface area contributed by atoms with E-state index in [4.69, 9.17) is 9.47 Å². The van der Waals surface area contributed by atoms with E-state index >= 15 is 0 Å². The number of rotatable bonds is 7. The first-order valence-electron chi connectivity index (χ1n) is 9.91. The van der Waals surface area contributed by atoms with Crippen molar-refractivity contribution in [2.75, 3.05) is 27.3 Å². The summed E-state index contributed by atoms with van der Waals surface area (Å²) < 4.78 is 11.1. The van der Waals surface area contributed by atoms with Crippen molar-refractivity contribution in [3.8, 4) is 11.5 Å². The standard InChI is InChI=1S/C25H29NO3/c1-17-12-18(2)14-24(13-17)29-11-10-26(4)25(27)19(3)20-6-7-22-16-23(28-5)9-8-21(22)15-20/h6-9,12-16,19H,10-11H2,1-5H3/t19-/m0/s1. The number of fused-ring (bicyclic) bond motifs is 1. The van der Waals surface area contributed by atoms with Gasteiger partial charge < -0.3 is 14.4 Å². The van der Waals surface area contributed by atoms with Gasteiger partial charge in [-0.05, 0) is 72.5 Å². The van der Waals surface area contributed by atoms with Crippen LogP contribution in [0.15, 0.2) is 54.6 Å². The van der Waals surface area contributed by atoms with E-state index < -0.39 is 0 Å². The van der Waals surface area contributed by atoms with E-state index in [1.54, 1.807) is 12.0 Å². The molecule has 0 saturated heterocycles. The third-order valence-electron chi connectivity index (χ3n) is 5.21. The first-order valence-corrected chi connectivity index (χ1v) is 9.91. The molecule has 4 heteroatoms. The van der Waals surface area contributed by atoms with Crippen molar-refractivity contribution >= 4 is 16.7 Å². The van der Waals surface area contributed by atoms with Gasteiger partial charge in [0.1, 0.15) is 18.1 Å². The van der Waals surface area contributed by atoms with Crippen LogP contribution in [0.5, 0.6) is 11.5 Å². The van der Waals surface area contributed by atoms with Gasteiger partial charge in [-0.25, -0.2) is 0 Å². The van der Waals surface area contributed by atoms with Crippen LogP contribution in [-0.4, -0.2) is 38.1 Å². The molecule has 0 N–H and O–H groups in total. The third-order valence-corrected chi connectivity index (χ3v) is 5.21. The molecule has 3 aromatic rings. The molecule has 1 amide bonds. The normalized spacial score (nSPS) is 11.9. The lowest BCUT2D eigenvalue weighted by molar-refractivity contribution is -0.131. The highest BCUT2D eigenvalue weighted by Crippen LogP contribution is 2.26. The maximum absolute atomic E-state index is 12.9. The lowest BCUT2D eigenvalue weighted by atomic mass is 9.96. The molecular formula is C25H29NO3. The minimum absolute atomic E-state index is 0.0851. The Labute approximate surface area is 173 Å². The Kier molecular flexibility index (Phi) is 6.42. The molecular weight excluding hydrogens is 362 g/mol. The van der Waals surface area contributed by atoms with Gasteiger partial charge >= 0.3 is 0 Å². The van der Waals surface area contributed by atoms with Gasteiger partial charge in [0.05, 0.1) is 19.6 Å². The van der Waals surface area contributed by atoms with Crippen molar-refractivity contribution in [2.45, 2.75) is 26.7 Å². The molecule has 0 saturated carbocycles. The van der Waals surface area contributed by atoms with E-state index in [1.807, 2.05) is 56.4 Å². The molecule has 0 aliphatic heterocycles. The second kappa shape index (κ2) is 8.99. The number of aryl methyl sites for hydroxylation is 2. The van der Waals surface area contributed by atoms with Crippen LogP contribution in [0.4, 0.5) is 0 Å². The maximum atomic E-state index is 12.9. The number of carbonyl (C=O) groups excluding carboxylic acids is 1. The van der Waals surface area contributed by atoms with Crippen molar-refractivity contribution in [1.82, 2.24) is 4.90 Å². The lowest BCUT2D eigenvalue weighted by Crippen LogP contribution is -2.34. The van der Waals surface area contributed by atoms with Crippen LogP contribution in [-0.2, 0) is 4.79 Å². The van der Waals surface area contributed by atoms with Gasteiger partial charge in [0, 0.05) is 7.05 Å². The van der Waals surface area contributed by atoms with Gasteiger partial charge in [-0.3, -0.25) is 4.79 Å². The number of ether oxygens (including phenoxy) is 2. The lowest BCUT2D eigenvalue weighted by Gasteiger charge is -2.22. The molecule has 0 aliphatic rings. The molecule has 0 unspecified atom stereocenters. The van der Waals surface area contributed by atoms with Crippen LogP contribution >= 0.6 is 0 Å². The Hall–Kier alpha value is -3.01. The first kappa shape index (κ1) is 20.7. The molecule has 0 fully saturated rings. The summed E-state index contributed by atoms with van der Waals surface area (Å²) >= 11 is 0. The predicted molar refractivity (Wildman–Crippen MR) is 118 cm³/mol. The molecule has 0 radical (unpaired) electrons. The molecule has 0 aliphatic carbocycles. The summed E-state index contributed by atoms with van der Waals surface area (Å²) in [4.78, 5) is 14.6. The summed E-state index contributed by atoms with van der Waals surface area (Å²) in [6, 6.07) is 18.3. The summed E-state index contributed by atoms with van der Waals surface area (Å²) in [6.07, 6.45) is 0. The minimum atomic E-state index is -0.215. The van der Waals surface area contributed by atoms with E-state index in [-0.39, 0.29) is 11.8 Å². The van der Waals surface area contributed by atoms with E-state index in [2.05, 4.69) is 26.0 Å². The zero-order chi connectivity index (χ0) is 21.0. The van der Waals surface area contributed by atoms with Crippen molar-refractivity contribution in [3.05, 3.63) is 71.3 Å². The third kappa shape index (κ3) is 5.08. The van der Waals surface area contributed by atoms with Gasteiger partial charge in [-0.1, -0.05) is 30.3 Å². The Balaban J connectivity index is 1.61. The smallest absolute Gasteiger partial charge is 0.229 e. The summed E-state index contributed by atoms with van der Waals surface area (Å²) in [5.74, 6) is 1.55. The Morgan fingerprint density at radius 3 is 2.28 bits per heavy atom. The fraction of sp³-hybridized carbons (Fsp3) is 0.320. The van der Waals surface area contributed by atoms with Crippen molar-refractivity contribution in [3.63, 3.8) is 0 Å². The summed E-state index contributed by atoms with van der Waals surface area (Å²) in [6.45, 7) is 7.07. The Morgan fingerprint density at radius 1 is 0.931 bits per heavy atom. The summed E-state index contributed by atoms with van der Waals surface area (Å²) in [5, 5.41) is 2.20. The molecule has 3 aromatic carbocycles. The second-order valence-corrected chi connectivity index (χ2v) is 7.63. The number of amides is 1. The van der Waals surface area contributed by atoms with Crippen LogP contribution in [0.2, 0.25) is 0 Å². The van der Waals surface area contributed by atoms with Crippen molar-refractivity contribution in [2.24, 2.45) is 0 Å². The second-order valence-electron chi connectivity index (χ2n) is 7.63. The predicted octanol–water partition coefficient (Wildman–Crippen LogP) is 5.11. The van der Waals surface area contributed by atoms with Crippen molar-refractivity contribution < 1.29 is 14.3 Å². The zero-order valence-corrected chi connectivity index (χ0v) is 17.9. The van der Waals surface area contributed by atoms with Gasteiger partial charge in [0.15, 0.2) is 0 Å². The molecule has 152 valence electrons. The van der Waals surface area contributed by atoms with Crippen LogP contribution in [0.25, 0.3) is 10.8 Å². The molecule has 3 rings (SSSR count). The monoisotopic (exact) mass is 391 g/mol. The zero-order valence-electron chi connectivity index (χ0n) is 17.9. The fourth-order valence-corrected chi connectivity index (χ4v) is 3.54. The van der Waals surface area contributed by atoms with Crippen LogP contribution < -0.4 is 9.47 Å².